The fourth-order valence-electron chi connectivity index (χ4n) is 2.92. The Hall–Kier alpha value is -1.85. The second-order valence-electron chi connectivity index (χ2n) is 6.46. The van der Waals surface area contributed by atoms with Crippen LogP contribution in [0.4, 0.5) is 0 Å². The fraction of sp³-hybridized carbons (Fsp3) is 0.412. The van der Waals surface area contributed by atoms with E-state index in [2.05, 4.69) is 5.16 Å². The van der Waals surface area contributed by atoms with Gasteiger partial charge in [-0.25, -0.2) is 0 Å². The van der Waals surface area contributed by atoms with Gasteiger partial charge in [-0.2, -0.15) is 0 Å². The van der Waals surface area contributed by atoms with Gasteiger partial charge in [0.05, 0.1) is 11.7 Å². The number of halogens is 1. The molecule has 0 saturated carbocycles. The SMILES string of the molecule is CC1CN(C(=O)c2cc(-c3cccc(Cl)c3)on2)CC(C)(C)O1. The average Bonchev–Trinajstić information content (AvgIpc) is 2.94. The molecule has 0 spiro atoms. The van der Waals surface area contributed by atoms with Gasteiger partial charge >= 0.3 is 0 Å². The normalized spacial score (nSPS) is 20.5. The number of nitrogens with zero attached hydrogens (tertiary/aromatic N) is 2. The van der Waals surface area contributed by atoms with Crippen LogP contribution in [0.1, 0.15) is 31.3 Å². The van der Waals surface area contributed by atoms with Crippen LogP contribution in [-0.4, -0.2) is 40.8 Å². The van der Waals surface area contributed by atoms with Gasteiger partial charge in [-0.1, -0.05) is 28.9 Å². The Labute approximate surface area is 140 Å². The maximum absolute atomic E-state index is 12.7. The lowest BCUT2D eigenvalue weighted by molar-refractivity contribution is -0.119. The molecule has 0 aliphatic carbocycles. The van der Waals surface area contributed by atoms with Crippen molar-refractivity contribution in [2.24, 2.45) is 0 Å². The Morgan fingerprint density at radius 1 is 1.39 bits per heavy atom. The molecule has 6 heteroatoms. The second kappa shape index (κ2) is 5.98. The van der Waals surface area contributed by atoms with Crippen LogP contribution < -0.4 is 0 Å². The maximum atomic E-state index is 12.7. The summed E-state index contributed by atoms with van der Waals surface area (Å²) in [6, 6.07) is 8.90. The zero-order chi connectivity index (χ0) is 16.6. The van der Waals surface area contributed by atoms with Gasteiger partial charge in [0.15, 0.2) is 11.5 Å². The summed E-state index contributed by atoms with van der Waals surface area (Å²) in [6.45, 7) is 6.98. The molecule has 0 bridgehead atoms. The lowest BCUT2D eigenvalue weighted by Gasteiger charge is -2.41. The standard InChI is InChI=1S/C17H19ClN2O3/c1-11-9-20(10-17(2,3)22-11)16(21)14-8-15(23-19-14)12-5-4-6-13(18)7-12/h4-8,11H,9-10H2,1-3H3. The summed E-state index contributed by atoms with van der Waals surface area (Å²) in [7, 11) is 0. The summed E-state index contributed by atoms with van der Waals surface area (Å²) < 4.78 is 11.1. The Morgan fingerprint density at radius 3 is 2.87 bits per heavy atom. The molecular formula is C17H19ClN2O3. The van der Waals surface area contributed by atoms with E-state index in [9.17, 15) is 4.79 Å². The number of morpholine rings is 1. The van der Waals surface area contributed by atoms with Gasteiger partial charge in [0, 0.05) is 29.7 Å². The molecule has 2 heterocycles. The van der Waals surface area contributed by atoms with Crippen molar-refractivity contribution in [3.63, 3.8) is 0 Å². The van der Waals surface area contributed by atoms with Crippen LogP contribution >= 0.6 is 11.6 Å². The number of aromatic nitrogens is 1. The molecule has 23 heavy (non-hydrogen) atoms. The molecule has 2 aromatic rings. The lowest BCUT2D eigenvalue weighted by Crippen LogP contribution is -2.53. The molecule has 0 radical (unpaired) electrons. The minimum absolute atomic E-state index is 0.0120. The summed E-state index contributed by atoms with van der Waals surface area (Å²) in [5.41, 5.74) is 0.719. The Balaban J connectivity index is 1.81. The molecule has 1 fully saturated rings. The highest BCUT2D eigenvalue weighted by Gasteiger charge is 2.35. The molecule has 1 unspecified atom stereocenters. The molecule has 1 aromatic heterocycles. The third kappa shape index (κ3) is 3.57. The summed E-state index contributed by atoms with van der Waals surface area (Å²) in [4.78, 5) is 14.4. The Morgan fingerprint density at radius 2 is 2.17 bits per heavy atom. The highest BCUT2D eigenvalue weighted by atomic mass is 35.5. The van der Waals surface area contributed by atoms with E-state index >= 15 is 0 Å². The van der Waals surface area contributed by atoms with E-state index in [1.54, 1.807) is 23.1 Å². The van der Waals surface area contributed by atoms with Crippen molar-refractivity contribution in [3.8, 4) is 11.3 Å². The number of amides is 1. The van der Waals surface area contributed by atoms with Crippen LogP contribution in [0.2, 0.25) is 5.02 Å². The van der Waals surface area contributed by atoms with Crippen molar-refractivity contribution in [2.75, 3.05) is 13.1 Å². The monoisotopic (exact) mass is 334 g/mol. The first-order valence-corrected chi connectivity index (χ1v) is 7.92. The zero-order valence-corrected chi connectivity index (χ0v) is 14.1. The number of rotatable bonds is 2. The van der Waals surface area contributed by atoms with Gasteiger partial charge in [-0.3, -0.25) is 4.79 Å². The second-order valence-corrected chi connectivity index (χ2v) is 6.90. The first kappa shape index (κ1) is 16.0. The van der Waals surface area contributed by atoms with Crippen molar-refractivity contribution in [3.05, 3.63) is 41.0 Å². The minimum Gasteiger partial charge on any atom is -0.369 e. The van der Waals surface area contributed by atoms with Crippen molar-refractivity contribution in [2.45, 2.75) is 32.5 Å². The molecule has 0 N–H and O–H groups in total. The maximum Gasteiger partial charge on any atom is 0.276 e. The van der Waals surface area contributed by atoms with Crippen LogP contribution in [0, 0.1) is 0 Å². The molecular weight excluding hydrogens is 316 g/mol. The number of benzene rings is 1. The van der Waals surface area contributed by atoms with Crippen LogP contribution in [-0.2, 0) is 4.74 Å². The molecule has 1 atom stereocenters. The number of carbonyl (C=O) groups excluding carboxylic acids is 1. The summed E-state index contributed by atoms with van der Waals surface area (Å²) in [5.74, 6) is 0.377. The van der Waals surface area contributed by atoms with E-state index in [1.807, 2.05) is 32.9 Å². The van der Waals surface area contributed by atoms with Crippen molar-refractivity contribution < 1.29 is 14.1 Å². The van der Waals surface area contributed by atoms with Gasteiger partial charge in [0.2, 0.25) is 0 Å². The molecule has 1 aliphatic heterocycles. The topological polar surface area (TPSA) is 55.6 Å². The van der Waals surface area contributed by atoms with E-state index in [0.717, 1.165) is 5.56 Å². The zero-order valence-electron chi connectivity index (χ0n) is 13.4. The molecule has 3 rings (SSSR count). The van der Waals surface area contributed by atoms with E-state index in [1.165, 1.54) is 0 Å². The average molecular weight is 335 g/mol. The number of carbonyl (C=O) groups is 1. The number of hydrogen-bond acceptors (Lipinski definition) is 4. The van der Waals surface area contributed by atoms with Crippen molar-refractivity contribution in [1.29, 1.82) is 0 Å². The van der Waals surface area contributed by atoms with Crippen LogP contribution in [0.3, 0.4) is 0 Å². The fourth-order valence-corrected chi connectivity index (χ4v) is 3.11. The van der Waals surface area contributed by atoms with E-state index < -0.39 is 0 Å². The first-order valence-electron chi connectivity index (χ1n) is 7.54. The van der Waals surface area contributed by atoms with Gasteiger partial charge in [-0.05, 0) is 32.9 Å². The summed E-state index contributed by atoms with van der Waals surface area (Å²) in [5, 5.41) is 4.53. The smallest absolute Gasteiger partial charge is 0.276 e. The Kier molecular flexibility index (Phi) is 4.17. The molecule has 1 aromatic carbocycles. The van der Waals surface area contributed by atoms with Crippen LogP contribution in [0.25, 0.3) is 11.3 Å². The molecule has 1 amide bonds. The van der Waals surface area contributed by atoms with Crippen molar-refractivity contribution >= 4 is 17.5 Å². The van der Waals surface area contributed by atoms with Gasteiger partial charge in [0.25, 0.3) is 5.91 Å². The third-order valence-corrected chi connectivity index (χ3v) is 3.93. The van der Waals surface area contributed by atoms with E-state index in [-0.39, 0.29) is 17.6 Å². The molecule has 1 saturated heterocycles. The lowest BCUT2D eigenvalue weighted by atomic mass is 10.1. The number of ether oxygens (including phenoxy) is 1. The Bertz CT molecular complexity index is 726. The number of hydrogen-bond donors (Lipinski definition) is 0. The van der Waals surface area contributed by atoms with Crippen LogP contribution in [0.5, 0.6) is 0 Å². The van der Waals surface area contributed by atoms with E-state index in [0.29, 0.717) is 29.6 Å². The van der Waals surface area contributed by atoms with Gasteiger partial charge < -0.3 is 14.2 Å². The quantitative estimate of drug-likeness (QED) is 0.841. The predicted molar refractivity (Wildman–Crippen MR) is 87.5 cm³/mol. The molecule has 1 aliphatic rings. The highest BCUT2D eigenvalue weighted by molar-refractivity contribution is 6.30. The minimum atomic E-state index is -0.368. The third-order valence-electron chi connectivity index (χ3n) is 3.69. The molecule has 122 valence electrons. The molecule has 5 nitrogen and oxygen atoms in total. The predicted octanol–water partition coefficient (Wildman–Crippen LogP) is 3.63. The summed E-state index contributed by atoms with van der Waals surface area (Å²) >= 11 is 5.98. The van der Waals surface area contributed by atoms with Gasteiger partial charge in [-0.15, -0.1) is 0 Å². The first-order chi connectivity index (χ1) is 10.8. The largest absolute Gasteiger partial charge is 0.369 e. The van der Waals surface area contributed by atoms with Crippen LogP contribution in [0.15, 0.2) is 34.9 Å². The van der Waals surface area contributed by atoms with E-state index in [4.69, 9.17) is 20.9 Å². The van der Waals surface area contributed by atoms with Crippen molar-refractivity contribution in [1.82, 2.24) is 10.1 Å². The van der Waals surface area contributed by atoms with Gasteiger partial charge in [0.1, 0.15) is 0 Å². The highest BCUT2D eigenvalue weighted by Crippen LogP contribution is 2.26. The summed E-state index contributed by atoms with van der Waals surface area (Å²) in [6.07, 6.45) is -0.0120.